The number of fused-ring (bicyclic) bond motifs is 1. The molecule has 2 aromatic carbocycles. The van der Waals surface area contributed by atoms with Gasteiger partial charge in [0, 0.05) is 41.9 Å². The minimum Gasteiger partial charge on any atom is -0.395 e. The molecule has 0 fully saturated rings. The second kappa shape index (κ2) is 7.39. The number of aliphatic hydroxyl groups is 1. The lowest BCUT2D eigenvalue weighted by Crippen LogP contribution is -2.24. The lowest BCUT2D eigenvalue weighted by atomic mass is 10.1. The molecule has 4 aromatic rings. The van der Waals surface area contributed by atoms with E-state index in [-0.39, 0.29) is 6.61 Å². The lowest BCUT2D eigenvalue weighted by Gasteiger charge is -2.19. The first-order chi connectivity index (χ1) is 13.2. The van der Waals surface area contributed by atoms with Gasteiger partial charge in [0.2, 0.25) is 0 Å². The van der Waals surface area contributed by atoms with Gasteiger partial charge in [-0.1, -0.05) is 54.1 Å². The average molecular weight is 379 g/mol. The van der Waals surface area contributed by atoms with Crippen molar-refractivity contribution in [2.75, 3.05) is 25.1 Å². The number of hydrogen-bond donors (Lipinski definition) is 1. The highest BCUT2D eigenvalue weighted by Crippen LogP contribution is 2.27. The summed E-state index contributed by atoms with van der Waals surface area (Å²) in [6.07, 6.45) is 0. The van der Waals surface area contributed by atoms with Gasteiger partial charge in [-0.3, -0.25) is 0 Å². The summed E-state index contributed by atoms with van der Waals surface area (Å²) in [5.41, 5.74) is 4.45. The average Bonchev–Trinajstić information content (AvgIpc) is 3.12. The van der Waals surface area contributed by atoms with E-state index in [4.69, 9.17) is 21.7 Å². The maximum atomic E-state index is 9.37. The van der Waals surface area contributed by atoms with Crippen molar-refractivity contribution in [3.8, 4) is 22.5 Å². The Hall–Kier alpha value is -2.89. The van der Waals surface area contributed by atoms with E-state index in [1.807, 2.05) is 83.2 Å². The number of likely N-dealkylation sites (N-methyl/N-ethyl adjacent to an activating group) is 1. The van der Waals surface area contributed by atoms with Gasteiger partial charge in [0.15, 0.2) is 5.65 Å². The number of hydrogen-bond acceptors (Lipinski definition) is 4. The number of rotatable bonds is 5. The number of anilines is 1. The fraction of sp³-hybridized carbons (Fsp3) is 0.143. The van der Waals surface area contributed by atoms with E-state index in [2.05, 4.69) is 0 Å². The molecule has 0 radical (unpaired) electrons. The van der Waals surface area contributed by atoms with Crippen LogP contribution in [-0.2, 0) is 0 Å². The van der Waals surface area contributed by atoms with Gasteiger partial charge in [0.25, 0.3) is 0 Å². The van der Waals surface area contributed by atoms with E-state index in [0.29, 0.717) is 11.6 Å². The van der Waals surface area contributed by atoms with Crippen LogP contribution in [0.1, 0.15) is 0 Å². The van der Waals surface area contributed by atoms with Gasteiger partial charge in [-0.2, -0.15) is 9.61 Å². The summed E-state index contributed by atoms with van der Waals surface area (Å²) in [6, 6.07) is 21.6. The fourth-order valence-corrected chi connectivity index (χ4v) is 3.14. The molecule has 136 valence electrons. The molecule has 0 aliphatic rings. The highest BCUT2D eigenvalue weighted by atomic mass is 35.5. The van der Waals surface area contributed by atoms with Crippen LogP contribution in [0.5, 0.6) is 0 Å². The second-order valence-corrected chi connectivity index (χ2v) is 6.75. The Morgan fingerprint density at radius 1 is 0.963 bits per heavy atom. The summed E-state index contributed by atoms with van der Waals surface area (Å²) < 4.78 is 1.81. The van der Waals surface area contributed by atoms with Crippen molar-refractivity contribution in [1.82, 2.24) is 14.6 Å². The quantitative estimate of drug-likeness (QED) is 0.567. The van der Waals surface area contributed by atoms with Gasteiger partial charge in [-0.05, 0) is 12.1 Å². The summed E-state index contributed by atoms with van der Waals surface area (Å²) in [6.45, 7) is 0.565. The predicted molar refractivity (Wildman–Crippen MR) is 109 cm³/mol. The Kier molecular flexibility index (Phi) is 4.79. The molecule has 2 aromatic heterocycles. The Balaban J connectivity index is 1.89. The first-order valence-corrected chi connectivity index (χ1v) is 9.08. The van der Waals surface area contributed by atoms with Crippen molar-refractivity contribution in [3.63, 3.8) is 0 Å². The predicted octanol–water partition coefficient (Wildman–Crippen LogP) is 4.15. The summed E-state index contributed by atoms with van der Waals surface area (Å²) in [5, 5.41) is 14.8. The Bertz CT molecular complexity index is 1060. The number of halogens is 1. The van der Waals surface area contributed by atoms with Crippen molar-refractivity contribution < 1.29 is 5.11 Å². The summed E-state index contributed by atoms with van der Waals surface area (Å²) in [4.78, 5) is 6.77. The SMILES string of the molecule is CN(CCO)c1cc(-c2ccccc2)nc2cc(-c3ccc(Cl)cc3)nn12. The summed E-state index contributed by atoms with van der Waals surface area (Å²) in [7, 11) is 1.93. The van der Waals surface area contributed by atoms with E-state index in [9.17, 15) is 5.11 Å². The van der Waals surface area contributed by atoms with E-state index in [1.165, 1.54) is 0 Å². The minimum absolute atomic E-state index is 0.0618. The zero-order valence-electron chi connectivity index (χ0n) is 14.9. The largest absolute Gasteiger partial charge is 0.395 e. The van der Waals surface area contributed by atoms with E-state index in [1.54, 1.807) is 0 Å². The Morgan fingerprint density at radius 2 is 1.67 bits per heavy atom. The van der Waals surface area contributed by atoms with Crippen LogP contribution in [0.2, 0.25) is 5.02 Å². The highest BCUT2D eigenvalue weighted by molar-refractivity contribution is 6.30. The zero-order valence-corrected chi connectivity index (χ0v) is 15.6. The molecule has 0 saturated heterocycles. The van der Waals surface area contributed by atoms with E-state index < -0.39 is 0 Å². The third-order valence-electron chi connectivity index (χ3n) is 4.44. The number of benzene rings is 2. The fourth-order valence-electron chi connectivity index (χ4n) is 3.01. The first kappa shape index (κ1) is 17.5. The maximum absolute atomic E-state index is 9.37. The first-order valence-electron chi connectivity index (χ1n) is 8.70. The Labute approximate surface area is 162 Å². The second-order valence-electron chi connectivity index (χ2n) is 6.32. The molecular formula is C21H19ClN4O. The van der Waals surface area contributed by atoms with Crippen molar-refractivity contribution in [2.24, 2.45) is 0 Å². The molecule has 0 unspecified atom stereocenters. The van der Waals surface area contributed by atoms with E-state index >= 15 is 0 Å². The van der Waals surface area contributed by atoms with Crippen LogP contribution in [0.4, 0.5) is 5.82 Å². The third-order valence-corrected chi connectivity index (χ3v) is 4.70. The van der Waals surface area contributed by atoms with Crippen molar-refractivity contribution in [3.05, 3.63) is 71.8 Å². The smallest absolute Gasteiger partial charge is 0.158 e. The molecule has 1 N–H and O–H groups in total. The van der Waals surface area contributed by atoms with Gasteiger partial charge in [0.1, 0.15) is 5.82 Å². The van der Waals surface area contributed by atoms with Gasteiger partial charge in [-0.15, -0.1) is 0 Å². The van der Waals surface area contributed by atoms with Gasteiger partial charge in [0.05, 0.1) is 18.0 Å². The van der Waals surface area contributed by atoms with Crippen LogP contribution < -0.4 is 4.90 Å². The topological polar surface area (TPSA) is 53.7 Å². The van der Waals surface area contributed by atoms with Crippen molar-refractivity contribution in [2.45, 2.75) is 0 Å². The van der Waals surface area contributed by atoms with Crippen LogP contribution in [0, 0.1) is 0 Å². The third kappa shape index (κ3) is 3.52. The van der Waals surface area contributed by atoms with Gasteiger partial charge < -0.3 is 10.0 Å². The summed E-state index contributed by atoms with van der Waals surface area (Å²) in [5.74, 6) is 0.869. The monoisotopic (exact) mass is 378 g/mol. The molecule has 0 atom stereocenters. The molecule has 2 heterocycles. The molecule has 0 amide bonds. The molecule has 0 aliphatic heterocycles. The standard InChI is InChI=1S/C21H19ClN4O/c1-25(11-12-27)21-14-18(15-5-3-2-4-6-15)23-20-13-19(24-26(20)21)16-7-9-17(22)10-8-16/h2-10,13-14,27H,11-12H2,1H3. The molecule has 5 nitrogen and oxygen atoms in total. The molecule has 6 heteroatoms. The van der Waals surface area contributed by atoms with Crippen LogP contribution >= 0.6 is 11.6 Å². The molecular weight excluding hydrogens is 360 g/mol. The van der Waals surface area contributed by atoms with Crippen molar-refractivity contribution in [1.29, 1.82) is 0 Å². The number of nitrogens with zero attached hydrogens (tertiary/aromatic N) is 4. The van der Waals surface area contributed by atoms with Crippen LogP contribution in [0.3, 0.4) is 0 Å². The van der Waals surface area contributed by atoms with E-state index in [0.717, 1.165) is 34.0 Å². The van der Waals surface area contributed by atoms with Gasteiger partial charge in [-0.25, -0.2) is 4.98 Å². The lowest BCUT2D eigenvalue weighted by molar-refractivity contribution is 0.303. The van der Waals surface area contributed by atoms with Crippen LogP contribution in [-0.4, -0.2) is 39.9 Å². The van der Waals surface area contributed by atoms with Crippen LogP contribution in [0.25, 0.3) is 28.2 Å². The molecule has 0 spiro atoms. The normalized spacial score (nSPS) is 11.1. The van der Waals surface area contributed by atoms with Crippen molar-refractivity contribution >= 4 is 23.1 Å². The van der Waals surface area contributed by atoms with Crippen LogP contribution in [0.15, 0.2) is 66.7 Å². The van der Waals surface area contributed by atoms with Gasteiger partial charge >= 0.3 is 0 Å². The molecule has 4 rings (SSSR count). The highest BCUT2D eigenvalue weighted by Gasteiger charge is 2.14. The molecule has 0 bridgehead atoms. The molecule has 0 aliphatic carbocycles. The number of aliphatic hydroxyl groups excluding tert-OH is 1. The molecule has 0 saturated carbocycles. The zero-order chi connectivity index (χ0) is 18.8. The Morgan fingerprint density at radius 3 is 2.37 bits per heavy atom. The number of aromatic nitrogens is 3. The summed E-state index contributed by atoms with van der Waals surface area (Å²) >= 11 is 6.00. The maximum Gasteiger partial charge on any atom is 0.158 e. The minimum atomic E-state index is 0.0618. The molecule has 27 heavy (non-hydrogen) atoms.